The molecule has 0 radical (unpaired) electrons. The second-order valence-corrected chi connectivity index (χ2v) is 5.30. The molecule has 2 heterocycles. The van der Waals surface area contributed by atoms with Gasteiger partial charge in [0.2, 0.25) is 0 Å². The maximum absolute atomic E-state index is 10.5. The van der Waals surface area contributed by atoms with Gasteiger partial charge < -0.3 is 9.67 Å². The van der Waals surface area contributed by atoms with E-state index in [0.29, 0.717) is 11.0 Å². The molecule has 0 saturated heterocycles. The first-order chi connectivity index (χ1) is 8.58. The fourth-order valence-electron chi connectivity index (χ4n) is 1.35. The number of rotatable bonds is 4. The molecule has 0 aliphatic carbocycles. The average Bonchev–Trinajstić information content (AvgIpc) is 2.68. The smallest absolute Gasteiger partial charge is 0.313 e. The molecule has 0 saturated carbocycles. The highest BCUT2D eigenvalue weighted by Gasteiger charge is 2.12. The Hall–Kier alpha value is -1.41. The Morgan fingerprint density at radius 1 is 1.50 bits per heavy atom. The normalized spacial score (nSPS) is 10.6. The van der Waals surface area contributed by atoms with E-state index in [0.717, 1.165) is 21.8 Å². The molecule has 0 amide bonds. The molecule has 0 fully saturated rings. The summed E-state index contributed by atoms with van der Waals surface area (Å²) < 4.78 is 2.60. The lowest BCUT2D eigenvalue weighted by Gasteiger charge is -2.02. The highest BCUT2D eigenvalue weighted by atomic mass is 79.9. The van der Waals surface area contributed by atoms with Crippen molar-refractivity contribution in [2.24, 2.45) is 7.05 Å². The fraction of sp³-hybridized carbons (Fsp3) is 0.200. The molecule has 94 valence electrons. The number of aliphatic carboxylic acids is 1. The quantitative estimate of drug-likeness (QED) is 0.862. The van der Waals surface area contributed by atoms with Crippen molar-refractivity contribution in [2.75, 3.05) is 5.75 Å². The number of carboxylic acid groups (broad SMARTS) is 1. The highest BCUT2D eigenvalue weighted by Crippen LogP contribution is 2.23. The molecule has 0 spiro atoms. The summed E-state index contributed by atoms with van der Waals surface area (Å²) in [7, 11) is 1.79. The zero-order chi connectivity index (χ0) is 13.1. The maximum atomic E-state index is 10.5. The molecular formula is C10H9BrN4O2S. The number of halogens is 1. The molecule has 0 unspecified atom stereocenters. The SMILES string of the molecule is Cn1c(SCC(=O)O)nnc1-c1cncc(Br)c1. The Morgan fingerprint density at radius 2 is 2.28 bits per heavy atom. The molecular weight excluding hydrogens is 320 g/mol. The summed E-state index contributed by atoms with van der Waals surface area (Å²) >= 11 is 4.47. The standard InChI is InChI=1S/C10H9BrN4O2S/c1-15-9(6-2-7(11)4-12-3-6)13-14-10(15)18-5-8(16)17/h2-4H,5H2,1H3,(H,16,17). The zero-order valence-electron chi connectivity index (χ0n) is 9.37. The molecule has 0 aliphatic rings. The van der Waals surface area contributed by atoms with E-state index in [1.807, 2.05) is 6.07 Å². The Morgan fingerprint density at radius 3 is 2.94 bits per heavy atom. The minimum Gasteiger partial charge on any atom is -0.481 e. The number of hydrogen-bond donors (Lipinski definition) is 1. The van der Waals surface area contributed by atoms with Crippen molar-refractivity contribution >= 4 is 33.7 Å². The van der Waals surface area contributed by atoms with Crippen molar-refractivity contribution in [1.82, 2.24) is 19.7 Å². The lowest BCUT2D eigenvalue weighted by atomic mass is 10.3. The van der Waals surface area contributed by atoms with Crippen molar-refractivity contribution in [3.63, 3.8) is 0 Å². The van der Waals surface area contributed by atoms with Gasteiger partial charge in [-0.3, -0.25) is 9.78 Å². The van der Waals surface area contributed by atoms with Crippen molar-refractivity contribution in [1.29, 1.82) is 0 Å². The first kappa shape index (κ1) is 13.0. The summed E-state index contributed by atoms with van der Waals surface area (Å²) in [6.45, 7) is 0. The van der Waals surface area contributed by atoms with Crippen LogP contribution in [0, 0.1) is 0 Å². The third kappa shape index (κ3) is 2.88. The maximum Gasteiger partial charge on any atom is 0.313 e. The number of aromatic nitrogens is 4. The topological polar surface area (TPSA) is 80.9 Å². The van der Waals surface area contributed by atoms with Crippen LogP contribution < -0.4 is 0 Å². The van der Waals surface area contributed by atoms with Gasteiger partial charge in [-0.15, -0.1) is 10.2 Å². The summed E-state index contributed by atoms with van der Waals surface area (Å²) in [5.41, 5.74) is 0.821. The third-order valence-corrected chi connectivity index (χ3v) is 3.56. The number of carboxylic acids is 1. The fourth-order valence-corrected chi connectivity index (χ4v) is 2.35. The van der Waals surface area contributed by atoms with Gasteiger partial charge in [-0.25, -0.2) is 0 Å². The first-order valence-electron chi connectivity index (χ1n) is 4.93. The predicted octanol–water partition coefficient (Wildman–Crippen LogP) is 1.82. The van der Waals surface area contributed by atoms with Gasteiger partial charge in [-0.1, -0.05) is 11.8 Å². The van der Waals surface area contributed by atoms with Gasteiger partial charge in [-0.2, -0.15) is 0 Å². The molecule has 8 heteroatoms. The average molecular weight is 329 g/mol. The molecule has 0 atom stereocenters. The zero-order valence-corrected chi connectivity index (χ0v) is 11.8. The third-order valence-electron chi connectivity index (χ3n) is 2.12. The summed E-state index contributed by atoms with van der Waals surface area (Å²) in [5.74, 6) is -0.270. The molecule has 2 aromatic heterocycles. The van der Waals surface area contributed by atoms with Gasteiger partial charge in [0.15, 0.2) is 11.0 Å². The van der Waals surface area contributed by atoms with Crippen molar-refractivity contribution in [3.05, 3.63) is 22.9 Å². The Balaban J connectivity index is 2.28. The summed E-state index contributed by atoms with van der Waals surface area (Å²) in [6.07, 6.45) is 3.36. The van der Waals surface area contributed by atoms with Crippen LogP contribution in [-0.4, -0.2) is 36.6 Å². The van der Waals surface area contributed by atoms with Crippen LogP contribution in [0.5, 0.6) is 0 Å². The van der Waals surface area contributed by atoms with Gasteiger partial charge in [-0.05, 0) is 22.0 Å². The van der Waals surface area contributed by atoms with E-state index in [4.69, 9.17) is 5.11 Å². The molecule has 2 aromatic rings. The molecule has 6 nitrogen and oxygen atoms in total. The van der Waals surface area contributed by atoms with Gasteiger partial charge in [0, 0.05) is 29.5 Å². The number of pyridine rings is 1. The second kappa shape index (κ2) is 5.49. The Kier molecular flexibility index (Phi) is 3.97. The van der Waals surface area contributed by atoms with Crippen LogP contribution in [0.15, 0.2) is 28.1 Å². The van der Waals surface area contributed by atoms with Crippen LogP contribution in [0.4, 0.5) is 0 Å². The lowest BCUT2D eigenvalue weighted by Crippen LogP contribution is -2.01. The minimum absolute atomic E-state index is 0.0390. The predicted molar refractivity (Wildman–Crippen MR) is 70.3 cm³/mol. The van der Waals surface area contributed by atoms with Gasteiger partial charge in [0.1, 0.15) is 0 Å². The van der Waals surface area contributed by atoms with Crippen LogP contribution in [0.1, 0.15) is 0 Å². The number of nitrogens with zero attached hydrogens (tertiary/aromatic N) is 4. The monoisotopic (exact) mass is 328 g/mol. The molecule has 18 heavy (non-hydrogen) atoms. The second-order valence-electron chi connectivity index (χ2n) is 3.44. The lowest BCUT2D eigenvalue weighted by molar-refractivity contribution is -0.133. The number of carbonyl (C=O) groups is 1. The van der Waals surface area contributed by atoms with Crippen LogP contribution >= 0.6 is 27.7 Å². The van der Waals surface area contributed by atoms with Crippen LogP contribution in [0.2, 0.25) is 0 Å². The van der Waals surface area contributed by atoms with Gasteiger partial charge in [0.05, 0.1) is 5.75 Å². The molecule has 2 rings (SSSR count). The summed E-state index contributed by atoms with van der Waals surface area (Å²) in [6, 6.07) is 1.88. The van der Waals surface area contributed by atoms with Gasteiger partial charge >= 0.3 is 5.97 Å². The molecule has 0 aliphatic heterocycles. The van der Waals surface area contributed by atoms with E-state index < -0.39 is 5.97 Å². The largest absolute Gasteiger partial charge is 0.481 e. The van der Waals surface area contributed by atoms with E-state index in [2.05, 4.69) is 31.1 Å². The molecule has 0 bridgehead atoms. The van der Waals surface area contributed by atoms with E-state index in [-0.39, 0.29) is 5.75 Å². The van der Waals surface area contributed by atoms with E-state index in [1.54, 1.807) is 24.0 Å². The molecule has 0 aromatic carbocycles. The van der Waals surface area contributed by atoms with Crippen molar-refractivity contribution in [2.45, 2.75) is 5.16 Å². The van der Waals surface area contributed by atoms with Crippen LogP contribution in [0.3, 0.4) is 0 Å². The number of hydrogen-bond acceptors (Lipinski definition) is 5. The van der Waals surface area contributed by atoms with Gasteiger partial charge in [0.25, 0.3) is 0 Å². The minimum atomic E-state index is -0.881. The van der Waals surface area contributed by atoms with E-state index in [9.17, 15) is 4.79 Å². The van der Waals surface area contributed by atoms with E-state index >= 15 is 0 Å². The summed E-state index contributed by atoms with van der Waals surface area (Å²) in [4.78, 5) is 14.6. The van der Waals surface area contributed by atoms with Crippen molar-refractivity contribution < 1.29 is 9.90 Å². The Labute approximate surface area is 116 Å². The first-order valence-corrected chi connectivity index (χ1v) is 6.70. The van der Waals surface area contributed by atoms with Crippen LogP contribution in [-0.2, 0) is 11.8 Å². The Bertz CT molecular complexity index is 587. The summed E-state index contributed by atoms with van der Waals surface area (Å²) in [5, 5.41) is 17.2. The van der Waals surface area contributed by atoms with Crippen molar-refractivity contribution in [3.8, 4) is 11.4 Å². The molecule has 1 N–H and O–H groups in total. The number of thioether (sulfide) groups is 1. The van der Waals surface area contributed by atoms with Crippen LogP contribution in [0.25, 0.3) is 11.4 Å². The highest BCUT2D eigenvalue weighted by molar-refractivity contribution is 9.10. The van der Waals surface area contributed by atoms with E-state index in [1.165, 1.54) is 0 Å².